The molecule has 23 heavy (non-hydrogen) atoms. The maximum Gasteiger partial charge on any atom is 0.129 e. The lowest BCUT2D eigenvalue weighted by Crippen LogP contribution is -2.23. The van der Waals surface area contributed by atoms with Gasteiger partial charge in [-0.2, -0.15) is 0 Å². The van der Waals surface area contributed by atoms with Crippen molar-refractivity contribution >= 4 is 5.69 Å². The highest BCUT2D eigenvalue weighted by Crippen LogP contribution is 2.26. The molecule has 1 fully saturated rings. The van der Waals surface area contributed by atoms with Crippen LogP contribution in [-0.4, -0.2) is 19.6 Å². The van der Waals surface area contributed by atoms with Gasteiger partial charge in [0.15, 0.2) is 0 Å². The zero-order chi connectivity index (χ0) is 16.1. The van der Waals surface area contributed by atoms with Crippen LogP contribution in [0.1, 0.15) is 24.0 Å². The van der Waals surface area contributed by atoms with E-state index < -0.39 is 0 Å². The van der Waals surface area contributed by atoms with E-state index in [0.717, 1.165) is 31.6 Å². The van der Waals surface area contributed by atoms with E-state index in [1.54, 1.807) is 18.2 Å². The first-order chi connectivity index (χ1) is 11.3. The molecular weight excluding hydrogens is 294 g/mol. The summed E-state index contributed by atoms with van der Waals surface area (Å²) >= 11 is 0. The number of nitrogens with one attached hydrogen (secondary N) is 1. The number of nitrogens with zero attached hydrogens (tertiary/aromatic N) is 1. The van der Waals surface area contributed by atoms with Crippen molar-refractivity contribution in [2.45, 2.75) is 25.8 Å². The first-order valence-corrected chi connectivity index (χ1v) is 8.22. The van der Waals surface area contributed by atoms with Crippen molar-refractivity contribution < 1.29 is 8.78 Å². The smallest absolute Gasteiger partial charge is 0.129 e. The summed E-state index contributed by atoms with van der Waals surface area (Å²) < 4.78 is 27.8. The molecule has 0 atom stereocenters. The SMILES string of the molecule is Fc1ccccc1CCNCc1c(F)cccc1N1CCCC1. The number of hydrogen-bond donors (Lipinski definition) is 1. The summed E-state index contributed by atoms with van der Waals surface area (Å²) in [6, 6.07) is 12.0. The van der Waals surface area contributed by atoms with Gasteiger partial charge >= 0.3 is 0 Å². The maximum atomic E-state index is 14.2. The standard InChI is InChI=1S/C19H22F2N2/c20-17-7-2-1-6-15(17)10-11-22-14-16-18(21)8-5-9-19(16)23-12-3-4-13-23/h1-2,5-9,22H,3-4,10-14H2. The molecule has 4 heteroatoms. The molecule has 1 saturated heterocycles. The van der Waals surface area contributed by atoms with E-state index >= 15 is 0 Å². The molecule has 122 valence electrons. The molecule has 1 aliphatic heterocycles. The molecular formula is C19H22F2N2. The van der Waals surface area contributed by atoms with Crippen LogP contribution in [0.25, 0.3) is 0 Å². The molecule has 0 unspecified atom stereocenters. The van der Waals surface area contributed by atoms with Crippen LogP contribution in [0.4, 0.5) is 14.5 Å². The van der Waals surface area contributed by atoms with Crippen molar-refractivity contribution in [3.8, 4) is 0 Å². The first-order valence-electron chi connectivity index (χ1n) is 8.22. The number of anilines is 1. The van der Waals surface area contributed by atoms with Crippen molar-refractivity contribution in [1.82, 2.24) is 5.32 Å². The number of rotatable bonds is 6. The van der Waals surface area contributed by atoms with Crippen LogP contribution in [0, 0.1) is 11.6 Å². The summed E-state index contributed by atoms with van der Waals surface area (Å²) in [7, 11) is 0. The lowest BCUT2D eigenvalue weighted by atomic mass is 10.1. The van der Waals surface area contributed by atoms with Crippen molar-refractivity contribution in [2.24, 2.45) is 0 Å². The minimum absolute atomic E-state index is 0.173. The van der Waals surface area contributed by atoms with E-state index in [2.05, 4.69) is 10.2 Å². The van der Waals surface area contributed by atoms with Crippen molar-refractivity contribution in [3.63, 3.8) is 0 Å². The topological polar surface area (TPSA) is 15.3 Å². The highest BCUT2D eigenvalue weighted by atomic mass is 19.1. The Bertz CT molecular complexity index is 652. The van der Waals surface area contributed by atoms with Gasteiger partial charge in [0, 0.05) is 30.9 Å². The number of halogens is 2. The Balaban J connectivity index is 1.61. The van der Waals surface area contributed by atoms with Gasteiger partial charge in [-0.25, -0.2) is 8.78 Å². The first kappa shape index (κ1) is 15.9. The Morgan fingerprint density at radius 2 is 1.65 bits per heavy atom. The van der Waals surface area contributed by atoms with E-state index in [1.165, 1.54) is 12.1 Å². The van der Waals surface area contributed by atoms with Crippen molar-refractivity contribution in [1.29, 1.82) is 0 Å². The van der Waals surface area contributed by atoms with Gasteiger partial charge in [-0.05, 0) is 49.6 Å². The van der Waals surface area contributed by atoms with Crippen LogP contribution in [0.5, 0.6) is 0 Å². The molecule has 1 N–H and O–H groups in total. The van der Waals surface area contributed by atoms with Crippen LogP contribution in [0.15, 0.2) is 42.5 Å². The summed E-state index contributed by atoms with van der Waals surface area (Å²) in [6.45, 7) is 3.07. The fourth-order valence-electron chi connectivity index (χ4n) is 3.11. The summed E-state index contributed by atoms with van der Waals surface area (Å²) in [5.74, 6) is -0.356. The van der Waals surface area contributed by atoms with Gasteiger partial charge in [0.25, 0.3) is 0 Å². The minimum Gasteiger partial charge on any atom is -0.371 e. The van der Waals surface area contributed by atoms with Crippen LogP contribution in [0.2, 0.25) is 0 Å². The van der Waals surface area contributed by atoms with Gasteiger partial charge in [-0.15, -0.1) is 0 Å². The predicted molar refractivity (Wildman–Crippen MR) is 89.7 cm³/mol. The van der Waals surface area contributed by atoms with E-state index in [-0.39, 0.29) is 11.6 Å². The molecule has 0 radical (unpaired) electrons. The molecule has 0 spiro atoms. The maximum absolute atomic E-state index is 14.2. The summed E-state index contributed by atoms with van der Waals surface area (Å²) in [5, 5.41) is 3.25. The quantitative estimate of drug-likeness (QED) is 0.813. The van der Waals surface area contributed by atoms with Gasteiger partial charge in [-0.3, -0.25) is 0 Å². The molecule has 0 saturated carbocycles. The van der Waals surface area contributed by atoms with Crippen LogP contribution in [0.3, 0.4) is 0 Å². The Morgan fingerprint density at radius 3 is 2.43 bits per heavy atom. The predicted octanol–water partition coefficient (Wildman–Crippen LogP) is 3.90. The molecule has 0 aliphatic carbocycles. The highest BCUT2D eigenvalue weighted by molar-refractivity contribution is 5.54. The lowest BCUT2D eigenvalue weighted by molar-refractivity contribution is 0.577. The Kier molecular flexibility index (Phi) is 5.23. The fraction of sp³-hybridized carbons (Fsp3) is 0.368. The Labute approximate surface area is 136 Å². The lowest BCUT2D eigenvalue weighted by Gasteiger charge is -2.22. The molecule has 3 rings (SSSR count). The third-order valence-electron chi connectivity index (χ3n) is 4.37. The highest BCUT2D eigenvalue weighted by Gasteiger charge is 2.17. The molecule has 2 aromatic rings. The second kappa shape index (κ2) is 7.55. The van der Waals surface area contributed by atoms with Crippen LogP contribution < -0.4 is 10.2 Å². The Morgan fingerprint density at radius 1 is 0.913 bits per heavy atom. The number of benzene rings is 2. The molecule has 0 amide bonds. The van der Waals surface area contributed by atoms with Gasteiger partial charge < -0.3 is 10.2 Å². The average Bonchev–Trinajstić information content (AvgIpc) is 3.08. The molecule has 0 aromatic heterocycles. The van der Waals surface area contributed by atoms with Gasteiger partial charge in [0.05, 0.1) is 0 Å². The molecule has 2 aromatic carbocycles. The van der Waals surface area contributed by atoms with Crippen LogP contribution >= 0.6 is 0 Å². The molecule has 1 aliphatic rings. The monoisotopic (exact) mass is 316 g/mol. The van der Waals surface area contributed by atoms with Crippen molar-refractivity contribution in [3.05, 3.63) is 65.2 Å². The van der Waals surface area contributed by atoms with Crippen LogP contribution in [-0.2, 0) is 13.0 Å². The zero-order valence-corrected chi connectivity index (χ0v) is 13.2. The van der Waals surface area contributed by atoms with Gasteiger partial charge in [-0.1, -0.05) is 24.3 Å². The van der Waals surface area contributed by atoms with Gasteiger partial charge in [0.1, 0.15) is 11.6 Å². The largest absolute Gasteiger partial charge is 0.371 e. The van der Waals surface area contributed by atoms with E-state index in [9.17, 15) is 8.78 Å². The summed E-state index contributed by atoms with van der Waals surface area (Å²) in [5.41, 5.74) is 2.39. The summed E-state index contributed by atoms with van der Waals surface area (Å²) in [6.07, 6.45) is 2.92. The molecule has 2 nitrogen and oxygen atoms in total. The zero-order valence-electron chi connectivity index (χ0n) is 13.2. The normalized spacial score (nSPS) is 14.4. The second-order valence-corrected chi connectivity index (χ2v) is 5.95. The minimum atomic E-state index is -0.182. The van der Waals surface area contributed by atoms with E-state index in [4.69, 9.17) is 0 Å². The molecule has 0 bridgehead atoms. The Hall–Kier alpha value is -1.94. The molecule has 1 heterocycles. The average molecular weight is 316 g/mol. The fourth-order valence-corrected chi connectivity index (χ4v) is 3.11. The number of hydrogen-bond acceptors (Lipinski definition) is 2. The van der Waals surface area contributed by atoms with Gasteiger partial charge in [0.2, 0.25) is 0 Å². The van der Waals surface area contributed by atoms with Crippen molar-refractivity contribution in [2.75, 3.05) is 24.5 Å². The van der Waals surface area contributed by atoms with E-state index in [1.807, 2.05) is 12.1 Å². The third-order valence-corrected chi connectivity index (χ3v) is 4.37. The second-order valence-electron chi connectivity index (χ2n) is 5.95. The third kappa shape index (κ3) is 3.88. The van der Waals surface area contributed by atoms with E-state index in [0.29, 0.717) is 30.6 Å². The summed E-state index contributed by atoms with van der Waals surface area (Å²) in [4.78, 5) is 2.25.